The van der Waals surface area contributed by atoms with Crippen LogP contribution in [0.2, 0.25) is 0 Å². The Hall–Kier alpha value is -2.61. The third-order valence-electron chi connectivity index (χ3n) is 5.88. The first-order valence-electron chi connectivity index (χ1n) is 11.4. The van der Waals surface area contributed by atoms with Crippen molar-refractivity contribution in [3.63, 3.8) is 0 Å². The van der Waals surface area contributed by atoms with Gasteiger partial charge in [-0.2, -0.15) is 0 Å². The molecule has 0 atom stereocenters. The van der Waals surface area contributed by atoms with Gasteiger partial charge in [-0.3, -0.25) is 0 Å². The van der Waals surface area contributed by atoms with Crippen molar-refractivity contribution < 1.29 is 9.53 Å². The molecule has 3 aromatic rings. The minimum absolute atomic E-state index is 0.165. The highest BCUT2D eigenvalue weighted by atomic mass is 16.6. The van der Waals surface area contributed by atoms with Crippen LogP contribution in [0.3, 0.4) is 0 Å². The summed E-state index contributed by atoms with van der Waals surface area (Å²) in [7, 11) is 0. The van der Waals surface area contributed by atoms with Gasteiger partial charge < -0.3 is 24.9 Å². The maximum Gasteiger partial charge on any atom is 0.410 e. The van der Waals surface area contributed by atoms with Gasteiger partial charge in [0.05, 0.1) is 18.0 Å². The number of hydrogen-bond donors (Lipinski definition) is 3. The molecule has 8 heteroatoms. The van der Waals surface area contributed by atoms with Gasteiger partial charge in [-0.15, -0.1) is 0 Å². The number of amides is 1. The molecule has 1 aliphatic carbocycles. The number of ether oxygens (including phenoxy) is 1. The number of aromatic nitrogens is 4. The maximum absolute atomic E-state index is 11.8. The van der Waals surface area contributed by atoms with Crippen LogP contribution in [-0.2, 0) is 4.74 Å². The number of rotatable bonds is 3. The lowest BCUT2D eigenvalue weighted by molar-refractivity contribution is -0.00120. The predicted molar refractivity (Wildman–Crippen MR) is 122 cm³/mol. The standard InChI is InChI=1S/C15H28N2O2.C8H6N4/c1-15(2,3)19-14(18)17-10-12(11-17)9-16-13-7-5-4-6-8-13;1-2-9-8-5(1)7-6(3-10-8)11-4-12-7/h12-13,16H,4-11H2,1-3H3;1-4H,(H,9,10)(H,11,12). The molecule has 1 saturated heterocycles. The summed E-state index contributed by atoms with van der Waals surface area (Å²) in [4.78, 5) is 28.0. The summed E-state index contributed by atoms with van der Waals surface area (Å²) in [5, 5.41) is 4.72. The molecule has 168 valence electrons. The van der Waals surface area contributed by atoms with E-state index in [0.29, 0.717) is 12.0 Å². The molecule has 3 aromatic heterocycles. The zero-order valence-electron chi connectivity index (χ0n) is 18.8. The van der Waals surface area contributed by atoms with Crippen LogP contribution >= 0.6 is 0 Å². The van der Waals surface area contributed by atoms with Gasteiger partial charge in [0.1, 0.15) is 16.8 Å². The number of aromatic amines is 2. The highest BCUT2D eigenvalue weighted by molar-refractivity contribution is 6.00. The molecule has 8 nitrogen and oxygen atoms in total. The van der Waals surface area contributed by atoms with Crippen molar-refractivity contribution >= 4 is 28.2 Å². The molecule has 31 heavy (non-hydrogen) atoms. The summed E-state index contributed by atoms with van der Waals surface area (Å²) in [5.41, 5.74) is 2.45. The van der Waals surface area contributed by atoms with Crippen LogP contribution in [-0.4, -0.2) is 62.2 Å². The van der Waals surface area contributed by atoms with Crippen LogP contribution in [0, 0.1) is 5.92 Å². The van der Waals surface area contributed by atoms with Crippen molar-refractivity contribution in [2.24, 2.45) is 5.92 Å². The second kappa shape index (κ2) is 9.26. The number of H-pyrrole nitrogens is 2. The van der Waals surface area contributed by atoms with Gasteiger partial charge in [-0.25, -0.2) is 14.8 Å². The molecule has 0 bridgehead atoms. The van der Waals surface area contributed by atoms with Gasteiger partial charge in [0.2, 0.25) is 0 Å². The summed E-state index contributed by atoms with van der Waals surface area (Å²) in [6, 6.07) is 2.69. The number of nitrogens with one attached hydrogen (secondary N) is 3. The lowest BCUT2D eigenvalue weighted by Crippen LogP contribution is -2.55. The number of carbonyl (C=O) groups is 1. The fourth-order valence-corrected chi connectivity index (χ4v) is 4.22. The van der Waals surface area contributed by atoms with Gasteiger partial charge in [0, 0.05) is 43.2 Å². The summed E-state index contributed by atoms with van der Waals surface area (Å²) >= 11 is 0. The smallest absolute Gasteiger partial charge is 0.410 e. The highest BCUT2D eigenvalue weighted by Gasteiger charge is 2.33. The molecule has 1 saturated carbocycles. The molecule has 1 amide bonds. The summed E-state index contributed by atoms with van der Waals surface area (Å²) in [6.45, 7) is 8.46. The molecular formula is C23H34N6O2. The SMILES string of the molecule is CC(C)(C)OC(=O)N1CC(CNC2CCCCC2)C1.c1nc2c(cnc3[nH]ccc32)[nH]1. The molecule has 0 radical (unpaired) electrons. The molecular weight excluding hydrogens is 392 g/mol. The Morgan fingerprint density at radius 2 is 1.97 bits per heavy atom. The largest absolute Gasteiger partial charge is 0.444 e. The Kier molecular flexibility index (Phi) is 6.46. The van der Waals surface area contributed by atoms with E-state index in [1.807, 2.05) is 33.0 Å². The first-order valence-corrected chi connectivity index (χ1v) is 11.4. The Morgan fingerprint density at radius 3 is 2.71 bits per heavy atom. The Labute approximate surface area is 183 Å². The van der Waals surface area contributed by atoms with Crippen molar-refractivity contribution in [3.8, 4) is 0 Å². The van der Waals surface area contributed by atoms with Crippen molar-refractivity contribution in [3.05, 3.63) is 24.8 Å². The number of nitrogens with zero attached hydrogens (tertiary/aromatic N) is 3. The van der Waals surface area contributed by atoms with Gasteiger partial charge in [0.25, 0.3) is 0 Å². The molecule has 1 aliphatic heterocycles. The molecule has 0 spiro atoms. The Bertz CT molecular complexity index is 943. The summed E-state index contributed by atoms with van der Waals surface area (Å²) in [5.74, 6) is 0.606. The first kappa shape index (κ1) is 21.6. The van der Waals surface area contributed by atoms with E-state index in [0.717, 1.165) is 41.7 Å². The maximum atomic E-state index is 11.8. The van der Waals surface area contributed by atoms with E-state index in [9.17, 15) is 4.79 Å². The number of imidazole rings is 1. The molecule has 2 fully saturated rings. The fourth-order valence-electron chi connectivity index (χ4n) is 4.22. The topological polar surface area (TPSA) is 98.9 Å². The number of carbonyl (C=O) groups excluding carboxylic acids is 1. The molecule has 5 rings (SSSR count). The third-order valence-corrected chi connectivity index (χ3v) is 5.88. The number of likely N-dealkylation sites (tertiary alicyclic amines) is 1. The molecule has 0 aromatic carbocycles. The number of hydrogen-bond acceptors (Lipinski definition) is 5. The zero-order valence-corrected chi connectivity index (χ0v) is 18.8. The van der Waals surface area contributed by atoms with Crippen LogP contribution in [0.5, 0.6) is 0 Å². The Morgan fingerprint density at radius 1 is 1.19 bits per heavy atom. The zero-order chi connectivity index (χ0) is 21.8. The third kappa shape index (κ3) is 5.55. The normalized spacial score (nSPS) is 18.0. The van der Waals surface area contributed by atoms with Gasteiger partial charge in [0.15, 0.2) is 0 Å². The molecule has 3 N–H and O–H groups in total. The van der Waals surface area contributed by atoms with E-state index in [-0.39, 0.29) is 11.7 Å². The average Bonchev–Trinajstić information content (AvgIpc) is 3.35. The van der Waals surface area contributed by atoms with E-state index in [1.165, 1.54) is 32.1 Å². The minimum Gasteiger partial charge on any atom is -0.444 e. The molecule has 2 aliphatic rings. The molecule has 4 heterocycles. The lowest BCUT2D eigenvalue weighted by atomic mass is 9.94. The lowest BCUT2D eigenvalue weighted by Gasteiger charge is -2.40. The summed E-state index contributed by atoms with van der Waals surface area (Å²) in [6.07, 6.45) is 11.9. The fraction of sp³-hybridized carbons (Fsp3) is 0.609. The van der Waals surface area contributed by atoms with Crippen LogP contribution in [0.4, 0.5) is 4.79 Å². The van der Waals surface area contributed by atoms with Crippen molar-refractivity contribution in [2.75, 3.05) is 19.6 Å². The predicted octanol–water partition coefficient (Wildman–Crippen LogP) is 4.21. The van der Waals surface area contributed by atoms with Crippen LogP contribution < -0.4 is 5.32 Å². The van der Waals surface area contributed by atoms with Crippen molar-refractivity contribution in [1.82, 2.24) is 30.2 Å². The van der Waals surface area contributed by atoms with Gasteiger partial charge in [-0.1, -0.05) is 19.3 Å². The quantitative estimate of drug-likeness (QED) is 0.582. The number of pyridine rings is 1. The van der Waals surface area contributed by atoms with Crippen LogP contribution in [0.15, 0.2) is 24.8 Å². The highest BCUT2D eigenvalue weighted by Crippen LogP contribution is 2.21. The van der Waals surface area contributed by atoms with Crippen LogP contribution in [0.25, 0.3) is 22.1 Å². The van der Waals surface area contributed by atoms with E-state index in [2.05, 4.69) is 25.3 Å². The second-order valence-electron chi connectivity index (χ2n) is 9.66. The van der Waals surface area contributed by atoms with E-state index in [1.54, 1.807) is 17.4 Å². The Balaban J connectivity index is 0.000000163. The van der Waals surface area contributed by atoms with Gasteiger partial charge >= 0.3 is 6.09 Å². The monoisotopic (exact) mass is 426 g/mol. The van der Waals surface area contributed by atoms with Gasteiger partial charge in [-0.05, 0) is 39.7 Å². The van der Waals surface area contributed by atoms with E-state index < -0.39 is 0 Å². The molecule has 0 unspecified atom stereocenters. The second-order valence-corrected chi connectivity index (χ2v) is 9.66. The van der Waals surface area contributed by atoms with E-state index >= 15 is 0 Å². The van der Waals surface area contributed by atoms with Crippen LogP contribution in [0.1, 0.15) is 52.9 Å². The summed E-state index contributed by atoms with van der Waals surface area (Å²) < 4.78 is 5.35. The average molecular weight is 427 g/mol. The van der Waals surface area contributed by atoms with Crippen molar-refractivity contribution in [2.45, 2.75) is 64.5 Å². The van der Waals surface area contributed by atoms with Crippen molar-refractivity contribution in [1.29, 1.82) is 0 Å². The van der Waals surface area contributed by atoms with E-state index in [4.69, 9.17) is 4.74 Å². The minimum atomic E-state index is -0.386. The number of fused-ring (bicyclic) bond motifs is 3. The first-order chi connectivity index (χ1) is 14.9.